The number of phenolic OH excluding ortho intramolecular Hbond substituents is 1. The lowest BCUT2D eigenvalue weighted by molar-refractivity contribution is 0.183. The summed E-state index contributed by atoms with van der Waals surface area (Å²) < 4.78 is 0. The molecule has 19 heavy (non-hydrogen) atoms. The quantitative estimate of drug-likeness (QED) is 0.887. The highest BCUT2D eigenvalue weighted by Gasteiger charge is 2.18. The highest BCUT2D eigenvalue weighted by molar-refractivity contribution is 5.42. The van der Waals surface area contributed by atoms with Crippen LogP contribution >= 0.6 is 0 Å². The molecule has 0 aliphatic carbocycles. The Morgan fingerprint density at radius 1 is 1.26 bits per heavy atom. The molecule has 1 N–H and O–H groups in total. The van der Waals surface area contributed by atoms with Crippen molar-refractivity contribution < 1.29 is 5.11 Å². The zero-order valence-corrected chi connectivity index (χ0v) is 12.7. The Hall–Kier alpha value is -1.02. The van der Waals surface area contributed by atoms with Gasteiger partial charge >= 0.3 is 0 Å². The summed E-state index contributed by atoms with van der Waals surface area (Å²) in [6.07, 6.45) is 2.56. The molecular formula is C17H27NO. The molecule has 0 unspecified atom stereocenters. The van der Waals surface area contributed by atoms with Gasteiger partial charge in [0.15, 0.2) is 0 Å². The fourth-order valence-electron chi connectivity index (χ4n) is 2.97. The maximum atomic E-state index is 10.2. The third kappa shape index (κ3) is 3.50. The number of nitrogens with zero attached hydrogens (tertiary/aromatic N) is 1. The van der Waals surface area contributed by atoms with E-state index in [0.717, 1.165) is 31.1 Å². The van der Waals surface area contributed by atoms with Gasteiger partial charge in [0.05, 0.1) is 0 Å². The second kappa shape index (κ2) is 5.96. The number of rotatable bonds is 3. The highest BCUT2D eigenvalue weighted by Crippen LogP contribution is 2.29. The monoisotopic (exact) mass is 261 g/mol. The van der Waals surface area contributed by atoms with Crippen molar-refractivity contribution in [1.29, 1.82) is 0 Å². The number of likely N-dealkylation sites (tertiary alicyclic amines) is 1. The maximum Gasteiger partial charge on any atom is 0.120 e. The summed E-state index contributed by atoms with van der Waals surface area (Å²) in [7, 11) is 0. The van der Waals surface area contributed by atoms with E-state index >= 15 is 0 Å². The van der Waals surface area contributed by atoms with Crippen LogP contribution in [0.3, 0.4) is 0 Å². The second-order valence-electron chi connectivity index (χ2n) is 6.45. The maximum absolute atomic E-state index is 10.2. The molecule has 2 nitrogen and oxygen atoms in total. The molecule has 1 heterocycles. The Labute approximate surface area is 117 Å². The number of piperidine rings is 1. The molecule has 0 aromatic heterocycles. The van der Waals surface area contributed by atoms with Crippen LogP contribution in [0.1, 0.15) is 56.2 Å². The van der Waals surface area contributed by atoms with Crippen molar-refractivity contribution in [2.45, 2.75) is 53.0 Å². The minimum atomic E-state index is 0.459. The minimum absolute atomic E-state index is 0.459. The van der Waals surface area contributed by atoms with Gasteiger partial charge in [-0.2, -0.15) is 0 Å². The van der Waals surface area contributed by atoms with Crippen LogP contribution in [-0.4, -0.2) is 23.1 Å². The van der Waals surface area contributed by atoms with Crippen molar-refractivity contribution in [2.75, 3.05) is 13.1 Å². The van der Waals surface area contributed by atoms with Crippen LogP contribution in [0.4, 0.5) is 0 Å². The second-order valence-corrected chi connectivity index (χ2v) is 6.45. The summed E-state index contributed by atoms with van der Waals surface area (Å²) >= 11 is 0. The van der Waals surface area contributed by atoms with E-state index < -0.39 is 0 Å². The van der Waals surface area contributed by atoms with Crippen LogP contribution < -0.4 is 0 Å². The van der Waals surface area contributed by atoms with E-state index in [0.29, 0.717) is 11.7 Å². The van der Waals surface area contributed by atoms with Crippen LogP contribution in [0.25, 0.3) is 0 Å². The Morgan fingerprint density at radius 3 is 2.47 bits per heavy atom. The number of hydrogen-bond acceptors (Lipinski definition) is 2. The first kappa shape index (κ1) is 14.4. The zero-order valence-electron chi connectivity index (χ0n) is 12.7. The Morgan fingerprint density at radius 2 is 1.89 bits per heavy atom. The smallest absolute Gasteiger partial charge is 0.120 e. The predicted molar refractivity (Wildman–Crippen MR) is 80.6 cm³/mol. The predicted octanol–water partition coefficient (Wildman–Crippen LogP) is 4.06. The van der Waals surface area contributed by atoms with Crippen molar-refractivity contribution >= 4 is 0 Å². The number of aryl methyl sites for hydroxylation is 1. The largest absolute Gasteiger partial charge is 0.508 e. The van der Waals surface area contributed by atoms with E-state index in [2.05, 4.69) is 38.7 Å². The standard InChI is InChI=1S/C17H27NO/c1-12(2)16-10-15(17(19)9-14(16)4)11-18-7-5-13(3)6-8-18/h9-10,12-13,19H,5-8,11H2,1-4H3. The number of aromatic hydroxyl groups is 1. The lowest BCUT2D eigenvalue weighted by Crippen LogP contribution is -2.32. The van der Waals surface area contributed by atoms with Crippen molar-refractivity contribution in [3.05, 3.63) is 28.8 Å². The summed E-state index contributed by atoms with van der Waals surface area (Å²) in [5.74, 6) is 1.83. The summed E-state index contributed by atoms with van der Waals surface area (Å²) in [4.78, 5) is 2.47. The molecule has 0 bridgehead atoms. The average Bonchev–Trinajstić information content (AvgIpc) is 2.34. The van der Waals surface area contributed by atoms with Gasteiger partial charge in [0.25, 0.3) is 0 Å². The van der Waals surface area contributed by atoms with Gasteiger partial charge in [-0.1, -0.05) is 26.8 Å². The van der Waals surface area contributed by atoms with Gasteiger partial charge < -0.3 is 5.11 Å². The van der Waals surface area contributed by atoms with Crippen molar-refractivity contribution in [3.63, 3.8) is 0 Å². The molecular weight excluding hydrogens is 234 g/mol. The molecule has 1 aromatic rings. The molecule has 1 fully saturated rings. The van der Waals surface area contributed by atoms with Gasteiger partial charge in [-0.3, -0.25) is 4.90 Å². The molecule has 2 heteroatoms. The van der Waals surface area contributed by atoms with E-state index in [9.17, 15) is 5.11 Å². The molecule has 1 aliphatic heterocycles. The highest BCUT2D eigenvalue weighted by atomic mass is 16.3. The normalized spacial score (nSPS) is 18.2. The Balaban J connectivity index is 2.13. The van der Waals surface area contributed by atoms with Gasteiger partial charge in [0, 0.05) is 12.1 Å². The summed E-state index contributed by atoms with van der Waals surface area (Å²) in [6.45, 7) is 12.0. The first-order valence-electron chi connectivity index (χ1n) is 7.52. The lowest BCUT2D eigenvalue weighted by atomic mass is 9.94. The molecule has 1 saturated heterocycles. The minimum Gasteiger partial charge on any atom is -0.508 e. The van der Waals surface area contributed by atoms with Gasteiger partial charge in [-0.15, -0.1) is 0 Å². The third-order valence-corrected chi connectivity index (χ3v) is 4.36. The molecule has 106 valence electrons. The van der Waals surface area contributed by atoms with Crippen LogP contribution in [-0.2, 0) is 6.54 Å². The Bertz CT molecular complexity index is 431. The number of benzene rings is 1. The van der Waals surface area contributed by atoms with E-state index in [4.69, 9.17) is 0 Å². The van der Waals surface area contributed by atoms with Crippen molar-refractivity contribution in [3.8, 4) is 5.75 Å². The van der Waals surface area contributed by atoms with Crippen LogP contribution in [0.2, 0.25) is 0 Å². The molecule has 0 spiro atoms. The first-order valence-corrected chi connectivity index (χ1v) is 7.52. The Kier molecular flexibility index (Phi) is 4.51. The molecule has 0 amide bonds. The topological polar surface area (TPSA) is 23.5 Å². The van der Waals surface area contributed by atoms with Crippen LogP contribution in [0, 0.1) is 12.8 Å². The first-order chi connectivity index (χ1) is 8.97. The number of phenols is 1. The summed E-state index contributed by atoms with van der Waals surface area (Å²) in [5.41, 5.74) is 3.64. The van der Waals surface area contributed by atoms with Crippen molar-refractivity contribution in [2.24, 2.45) is 5.92 Å². The van der Waals surface area contributed by atoms with E-state index in [1.54, 1.807) is 0 Å². The fraction of sp³-hybridized carbons (Fsp3) is 0.647. The molecule has 0 saturated carbocycles. The van der Waals surface area contributed by atoms with Gasteiger partial charge in [-0.05, 0) is 61.9 Å². The lowest BCUT2D eigenvalue weighted by Gasteiger charge is -2.30. The third-order valence-electron chi connectivity index (χ3n) is 4.36. The van der Waals surface area contributed by atoms with Gasteiger partial charge in [0.2, 0.25) is 0 Å². The van der Waals surface area contributed by atoms with Crippen LogP contribution in [0.15, 0.2) is 12.1 Å². The van der Waals surface area contributed by atoms with Crippen molar-refractivity contribution in [1.82, 2.24) is 4.90 Å². The van der Waals surface area contributed by atoms with E-state index in [1.807, 2.05) is 6.07 Å². The van der Waals surface area contributed by atoms with Crippen LogP contribution in [0.5, 0.6) is 5.75 Å². The average molecular weight is 261 g/mol. The van der Waals surface area contributed by atoms with Gasteiger partial charge in [0.1, 0.15) is 5.75 Å². The molecule has 2 rings (SSSR count). The molecule has 0 atom stereocenters. The van der Waals surface area contributed by atoms with E-state index in [-0.39, 0.29) is 0 Å². The van der Waals surface area contributed by atoms with E-state index in [1.165, 1.54) is 24.0 Å². The SMILES string of the molecule is Cc1cc(O)c(CN2CCC(C)CC2)cc1C(C)C. The number of hydrogen-bond donors (Lipinski definition) is 1. The van der Waals surface area contributed by atoms with Gasteiger partial charge in [-0.25, -0.2) is 0 Å². The summed E-state index contributed by atoms with van der Waals surface area (Å²) in [6, 6.07) is 4.13. The molecule has 0 radical (unpaired) electrons. The molecule has 1 aliphatic rings. The fourth-order valence-corrected chi connectivity index (χ4v) is 2.97. The zero-order chi connectivity index (χ0) is 14.0. The molecule has 1 aromatic carbocycles. The summed E-state index contributed by atoms with van der Waals surface area (Å²) in [5, 5.41) is 10.2.